The van der Waals surface area contributed by atoms with Crippen LogP contribution in [0.25, 0.3) is 0 Å². The Balaban J connectivity index is 1.69. The lowest BCUT2D eigenvalue weighted by Crippen LogP contribution is -2.40. The van der Waals surface area contributed by atoms with Crippen molar-refractivity contribution in [3.05, 3.63) is 46.8 Å². The van der Waals surface area contributed by atoms with Crippen molar-refractivity contribution in [2.24, 2.45) is 11.7 Å². The molecule has 150 valence electrons. The fourth-order valence-electron chi connectivity index (χ4n) is 3.63. The third-order valence-electron chi connectivity index (χ3n) is 5.28. The molecule has 1 fully saturated rings. The number of hydrogen-bond acceptors (Lipinski definition) is 5. The molecule has 7 heteroatoms. The van der Waals surface area contributed by atoms with Crippen molar-refractivity contribution in [3.8, 4) is 0 Å². The molecule has 2 aromatic rings. The second kappa shape index (κ2) is 9.28. The summed E-state index contributed by atoms with van der Waals surface area (Å²) in [6.45, 7) is 5.29. The number of hydrogen-bond donors (Lipinski definition) is 1. The van der Waals surface area contributed by atoms with Gasteiger partial charge in [-0.2, -0.15) is 0 Å². The van der Waals surface area contributed by atoms with E-state index in [-0.39, 0.29) is 11.8 Å². The Labute approximate surface area is 169 Å². The van der Waals surface area contributed by atoms with Crippen molar-refractivity contribution >= 4 is 23.6 Å². The fraction of sp³-hybridized carbons (Fsp3) is 0.476. The molecule has 0 saturated carbocycles. The maximum atomic E-state index is 13.2. The first-order valence-electron chi connectivity index (χ1n) is 9.67. The zero-order valence-corrected chi connectivity index (χ0v) is 17.3. The van der Waals surface area contributed by atoms with Gasteiger partial charge in [-0.05, 0) is 51.2 Å². The largest absolute Gasteiger partial charge is 0.370 e. The number of nitrogens with zero attached hydrogens (tertiary/aromatic N) is 2. The lowest BCUT2D eigenvalue weighted by Gasteiger charge is -2.33. The highest BCUT2D eigenvalue weighted by Crippen LogP contribution is 2.30. The molecule has 0 bridgehead atoms. The second-order valence-electron chi connectivity index (χ2n) is 7.35. The number of rotatable bonds is 7. The smallest absolute Gasteiger partial charge is 0.254 e. The molecule has 1 unspecified atom stereocenters. The maximum Gasteiger partial charge on any atom is 0.254 e. The van der Waals surface area contributed by atoms with Crippen LogP contribution >= 0.6 is 11.8 Å². The van der Waals surface area contributed by atoms with E-state index in [1.165, 1.54) is 0 Å². The van der Waals surface area contributed by atoms with Crippen LogP contribution in [0.5, 0.6) is 0 Å². The molecular weight excluding hydrogens is 374 g/mol. The number of carbonyl (C=O) groups is 2. The van der Waals surface area contributed by atoms with Crippen molar-refractivity contribution in [1.29, 1.82) is 0 Å². The number of carbonyl (C=O) groups excluding carboxylic acids is 2. The van der Waals surface area contributed by atoms with E-state index in [1.807, 2.05) is 43.0 Å². The van der Waals surface area contributed by atoms with E-state index in [4.69, 9.17) is 10.3 Å². The van der Waals surface area contributed by atoms with Gasteiger partial charge >= 0.3 is 0 Å². The van der Waals surface area contributed by atoms with Gasteiger partial charge in [-0.25, -0.2) is 0 Å². The molecule has 0 aliphatic carbocycles. The molecule has 1 aromatic carbocycles. The number of aryl methyl sites for hydroxylation is 2. The summed E-state index contributed by atoms with van der Waals surface area (Å²) in [5.41, 5.74) is 7.98. The Kier molecular flexibility index (Phi) is 6.78. The maximum absolute atomic E-state index is 13.2. The fourth-order valence-corrected chi connectivity index (χ4v) is 4.83. The molecule has 2 N–H and O–H groups in total. The molecule has 1 aliphatic heterocycles. The van der Waals surface area contributed by atoms with Gasteiger partial charge in [0.2, 0.25) is 5.91 Å². The third-order valence-corrected chi connectivity index (χ3v) is 6.38. The van der Waals surface area contributed by atoms with E-state index in [9.17, 15) is 9.59 Å². The molecule has 2 amide bonds. The van der Waals surface area contributed by atoms with E-state index in [0.29, 0.717) is 24.6 Å². The minimum absolute atomic E-state index is 0.0608. The van der Waals surface area contributed by atoms with Gasteiger partial charge in [0.05, 0.1) is 11.3 Å². The SMILES string of the molecule is Cc1noc(C)c1CSc1ccccc1C(=O)N1CCCC(CCC(N)=O)C1. The van der Waals surface area contributed by atoms with E-state index in [2.05, 4.69) is 5.16 Å². The van der Waals surface area contributed by atoms with Crippen molar-refractivity contribution in [1.82, 2.24) is 10.1 Å². The molecule has 1 saturated heterocycles. The van der Waals surface area contributed by atoms with Gasteiger partial charge in [0, 0.05) is 35.7 Å². The highest BCUT2D eigenvalue weighted by atomic mass is 32.2. The highest BCUT2D eigenvalue weighted by molar-refractivity contribution is 7.98. The van der Waals surface area contributed by atoms with E-state index in [1.54, 1.807) is 11.8 Å². The Bertz CT molecular complexity index is 830. The van der Waals surface area contributed by atoms with Gasteiger partial charge in [-0.1, -0.05) is 17.3 Å². The number of benzene rings is 1. The predicted molar refractivity (Wildman–Crippen MR) is 109 cm³/mol. The summed E-state index contributed by atoms with van der Waals surface area (Å²) in [4.78, 5) is 27.1. The number of thioether (sulfide) groups is 1. The molecule has 6 nitrogen and oxygen atoms in total. The van der Waals surface area contributed by atoms with Crippen LogP contribution in [0.1, 0.15) is 53.1 Å². The van der Waals surface area contributed by atoms with Crippen molar-refractivity contribution in [2.75, 3.05) is 13.1 Å². The number of aromatic nitrogens is 1. The first-order valence-corrected chi connectivity index (χ1v) is 10.7. The van der Waals surface area contributed by atoms with E-state index < -0.39 is 0 Å². The average molecular weight is 402 g/mol. The summed E-state index contributed by atoms with van der Waals surface area (Å²) in [6, 6.07) is 7.75. The third kappa shape index (κ3) is 4.95. The van der Waals surface area contributed by atoms with Crippen LogP contribution < -0.4 is 5.73 Å². The molecule has 1 aromatic heterocycles. The molecular formula is C21H27N3O3S. The molecule has 1 aliphatic rings. The van der Waals surface area contributed by atoms with E-state index in [0.717, 1.165) is 53.3 Å². The summed E-state index contributed by atoms with van der Waals surface area (Å²) in [5.74, 6) is 1.66. The lowest BCUT2D eigenvalue weighted by molar-refractivity contribution is -0.118. The number of primary amides is 1. The van der Waals surface area contributed by atoms with Crippen LogP contribution in [-0.4, -0.2) is 35.0 Å². The van der Waals surface area contributed by atoms with Crippen LogP contribution in [0.15, 0.2) is 33.7 Å². The van der Waals surface area contributed by atoms with Crippen molar-refractivity contribution in [2.45, 2.75) is 50.2 Å². The van der Waals surface area contributed by atoms with Crippen molar-refractivity contribution in [3.63, 3.8) is 0 Å². The first kappa shape index (κ1) is 20.5. The minimum Gasteiger partial charge on any atom is -0.370 e. The Morgan fingerprint density at radius 3 is 2.82 bits per heavy atom. The van der Waals surface area contributed by atoms with Gasteiger partial charge in [0.15, 0.2) is 0 Å². The second-order valence-corrected chi connectivity index (χ2v) is 8.37. The summed E-state index contributed by atoms with van der Waals surface area (Å²) in [7, 11) is 0. The Morgan fingerprint density at radius 2 is 2.11 bits per heavy atom. The number of nitrogens with two attached hydrogens (primary N) is 1. The normalized spacial score (nSPS) is 16.9. The van der Waals surface area contributed by atoms with Gasteiger partial charge in [0.1, 0.15) is 5.76 Å². The summed E-state index contributed by atoms with van der Waals surface area (Å²) in [5, 5.41) is 4.00. The highest BCUT2D eigenvalue weighted by Gasteiger charge is 2.26. The van der Waals surface area contributed by atoms with Crippen LogP contribution in [0.2, 0.25) is 0 Å². The Hall–Kier alpha value is -2.28. The standard InChI is InChI=1S/C21H27N3O3S/c1-14-18(15(2)27-23-14)13-28-19-8-4-3-7-17(19)21(26)24-11-5-6-16(12-24)9-10-20(22)25/h3-4,7-8,16H,5-6,9-13H2,1-2H3,(H2,22,25). The molecule has 2 heterocycles. The molecule has 0 radical (unpaired) electrons. The summed E-state index contributed by atoms with van der Waals surface area (Å²) >= 11 is 1.63. The van der Waals surface area contributed by atoms with Gasteiger partial charge < -0.3 is 15.2 Å². The van der Waals surface area contributed by atoms with Crippen LogP contribution in [0.3, 0.4) is 0 Å². The zero-order chi connectivity index (χ0) is 20.1. The quantitative estimate of drug-likeness (QED) is 0.715. The number of piperidine rings is 1. The zero-order valence-electron chi connectivity index (χ0n) is 16.4. The Morgan fingerprint density at radius 1 is 1.32 bits per heavy atom. The molecule has 28 heavy (non-hydrogen) atoms. The van der Waals surface area contributed by atoms with Gasteiger partial charge in [-0.3, -0.25) is 9.59 Å². The van der Waals surface area contributed by atoms with Gasteiger partial charge in [-0.15, -0.1) is 11.8 Å². The minimum atomic E-state index is -0.274. The lowest BCUT2D eigenvalue weighted by atomic mass is 9.93. The van der Waals surface area contributed by atoms with Crippen LogP contribution in [-0.2, 0) is 10.5 Å². The van der Waals surface area contributed by atoms with Crippen LogP contribution in [0, 0.1) is 19.8 Å². The number of likely N-dealkylation sites (tertiary alicyclic amines) is 1. The molecule has 3 rings (SSSR count). The topological polar surface area (TPSA) is 89.4 Å². The molecule has 0 spiro atoms. The molecule has 1 atom stereocenters. The van der Waals surface area contributed by atoms with E-state index >= 15 is 0 Å². The predicted octanol–water partition coefficient (Wildman–Crippen LogP) is 3.70. The van der Waals surface area contributed by atoms with Crippen LogP contribution in [0.4, 0.5) is 0 Å². The summed E-state index contributed by atoms with van der Waals surface area (Å²) in [6.07, 6.45) is 3.14. The van der Waals surface area contributed by atoms with Crippen molar-refractivity contribution < 1.29 is 14.1 Å². The average Bonchev–Trinajstić information content (AvgIpc) is 3.02. The summed E-state index contributed by atoms with van der Waals surface area (Å²) < 4.78 is 5.24. The monoisotopic (exact) mass is 401 g/mol. The first-order chi connectivity index (χ1) is 13.5. The van der Waals surface area contributed by atoms with Gasteiger partial charge in [0.25, 0.3) is 5.91 Å². The number of amides is 2.